The van der Waals surface area contributed by atoms with E-state index in [0.717, 1.165) is 69.9 Å². The maximum atomic E-state index is 11.4. The van der Waals surface area contributed by atoms with Crippen LogP contribution < -0.4 is 5.32 Å². The quantitative estimate of drug-likeness (QED) is 0.257. The van der Waals surface area contributed by atoms with Crippen molar-refractivity contribution in [2.75, 3.05) is 19.6 Å². The summed E-state index contributed by atoms with van der Waals surface area (Å²) in [5.74, 6) is 0.947. The third-order valence-electron chi connectivity index (χ3n) is 8.72. The van der Waals surface area contributed by atoms with Gasteiger partial charge in [0, 0.05) is 43.7 Å². The molecule has 9 heteroatoms. The maximum absolute atomic E-state index is 11.4. The Hall–Kier alpha value is -4.78. The molecule has 1 fully saturated rings. The Kier molecular flexibility index (Phi) is 6.80. The Morgan fingerprint density at radius 1 is 1.05 bits per heavy atom. The van der Waals surface area contributed by atoms with Gasteiger partial charge in [-0.05, 0) is 78.9 Å². The summed E-state index contributed by atoms with van der Waals surface area (Å²) in [4.78, 5) is 23.1. The fraction of sp³-hybridized carbons (Fsp3) is 0.294. The van der Waals surface area contributed by atoms with Gasteiger partial charge in [0.15, 0.2) is 5.58 Å². The highest BCUT2D eigenvalue weighted by Crippen LogP contribution is 2.38. The molecule has 0 aliphatic carbocycles. The number of benzene rings is 3. The van der Waals surface area contributed by atoms with E-state index in [9.17, 15) is 15.2 Å². The molecule has 7 rings (SSSR count). The van der Waals surface area contributed by atoms with E-state index in [-0.39, 0.29) is 5.92 Å². The minimum Gasteiger partial charge on any atom is -0.481 e. The summed E-state index contributed by atoms with van der Waals surface area (Å²) >= 11 is 0. The molecule has 3 aromatic carbocycles. The Morgan fingerprint density at radius 2 is 1.74 bits per heavy atom. The van der Waals surface area contributed by atoms with Gasteiger partial charge in [0.25, 0.3) is 0 Å². The van der Waals surface area contributed by atoms with Crippen molar-refractivity contribution < 1.29 is 18.7 Å². The summed E-state index contributed by atoms with van der Waals surface area (Å²) in [5.41, 5.74) is 9.43. The number of carboxylic acid groups (broad SMARTS) is 1. The van der Waals surface area contributed by atoms with Gasteiger partial charge < -0.3 is 19.3 Å². The van der Waals surface area contributed by atoms with Crippen molar-refractivity contribution in [3.63, 3.8) is 0 Å². The van der Waals surface area contributed by atoms with Crippen LogP contribution in [0.1, 0.15) is 40.1 Å². The van der Waals surface area contributed by atoms with Gasteiger partial charge in [-0.15, -0.1) is 0 Å². The van der Waals surface area contributed by atoms with Gasteiger partial charge in [0.2, 0.25) is 11.8 Å². The second-order valence-electron chi connectivity index (χ2n) is 11.5. The second-order valence-corrected chi connectivity index (χ2v) is 11.5. The van der Waals surface area contributed by atoms with Crippen LogP contribution in [0.2, 0.25) is 0 Å². The fourth-order valence-corrected chi connectivity index (χ4v) is 6.38. The first kappa shape index (κ1) is 27.1. The van der Waals surface area contributed by atoms with Crippen LogP contribution in [0.5, 0.6) is 0 Å². The third kappa shape index (κ3) is 4.88. The molecule has 1 unspecified atom stereocenters. The van der Waals surface area contributed by atoms with Crippen LogP contribution in [-0.2, 0) is 24.3 Å². The number of likely N-dealkylation sites (tertiary alicyclic amines) is 1. The van der Waals surface area contributed by atoms with Crippen LogP contribution >= 0.6 is 0 Å². The second kappa shape index (κ2) is 10.8. The van der Waals surface area contributed by atoms with E-state index in [2.05, 4.69) is 48.3 Å². The molecule has 2 aliphatic rings. The standard InChI is InChI=1S/C34H31N5O4/c1-19-24(5-3-7-26(19)32-38-29-16-36-11-9-30(29)42-32)25-6-4-8-27(20(25)2)33-37-28-14-21(13-23(15-35)31(28)43-33)17-39-12-10-22(18-39)34(40)41/h3-8,13-14,22,36H,9-12,16-18H2,1-2H3,(H,40,41). The Labute approximate surface area is 248 Å². The van der Waals surface area contributed by atoms with Crippen LogP contribution in [0.4, 0.5) is 0 Å². The number of aromatic nitrogens is 2. The monoisotopic (exact) mass is 573 g/mol. The molecule has 0 spiro atoms. The number of carboxylic acids is 1. The van der Waals surface area contributed by atoms with Crippen molar-refractivity contribution >= 4 is 17.1 Å². The number of hydrogen-bond donors (Lipinski definition) is 2. The van der Waals surface area contributed by atoms with Crippen molar-refractivity contribution in [1.82, 2.24) is 20.2 Å². The van der Waals surface area contributed by atoms with Gasteiger partial charge in [-0.25, -0.2) is 9.97 Å². The van der Waals surface area contributed by atoms with Crippen molar-refractivity contribution in [2.45, 2.75) is 39.8 Å². The van der Waals surface area contributed by atoms with Gasteiger partial charge >= 0.3 is 5.97 Å². The van der Waals surface area contributed by atoms with E-state index < -0.39 is 5.97 Å². The number of fused-ring (bicyclic) bond motifs is 2. The number of nitrogens with one attached hydrogen (secondary N) is 1. The molecule has 1 atom stereocenters. The fourth-order valence-electron chi connectivity index (χ4n) is 6.38. The molecule has 43 heavy (non-hydrogen) atoms. The molecule has 216 valence electrons. The molecule has 9 nitrogen and oxygen atoms in total. The average molecular weight is 574 g/mol. The number of rotatable bonds is 6. The summed E-state index contributed by atoms with van der Waals surface area (Å²) < 4.78 is 12.4. The summed E-state index contributed by atoms with van der Waals surface area (Å²) in [7, 11) is 0. The molecule has 0 amide bonds. The highest BCUT2D eigenvalue weighted by Gasteiger charge is 2.28. The van der Waals surface area contributed by atoms with E-state index in [4.69, 9.17) is 18.8 Å². The van der Waals surface area contributed by atoms with E-state index in [1.54, 1.807) is 0 Å². The van der Waals surface area contributed by atoms with Crippen LogP contribution in [-0.4, -0.2) is 45.6 Å². The summed E-state index contributed by atoms with van der Waals surface area (Å²) in [6.45, 7) is 7.55. The number of nitrogens with zero attached hydrogens (tertiary/aromatic N) is 4. The van der Waals surface area contributed by atoms with Crippen LogP contribution in [0.3, 0.4) is 0 Å². The van der Waals surface area contributed by atoms with Crippen LogP contribution in [0, 0.1) is 31.1 Å². The molecule has 2 N–H and O–H groups in total. The van der Waals surface area contributed by atoms with Crippen molar-refractivity contribution in [3.05, 3.63) is 82.2 Å². The lowest BCUT2D eigenvalue weighted by Gasteiger charge is -2.15. The van der Waals surface area contributed by atoms with E-state index in [1.165, 1.54) is 0 Å². The minimum atomic E-state index is -0.759. The van der Waals surface area contributed by atoms with E-state index in [0.29, 0.717) is 54.5 Å². The molecule has 0 bridgehead atoms. The number of hydrogen-bond acceptors (Lipinski definition) is 8. The lowest BCUT2D eigenvalue weighted by Crippen LogP contribution is -2.22. The van der Waals surface area contributed by atoms with Gasteiger partial charge in [-0.1, -0.05) is 24.3 Å². The molecule has 2 aromatic heterocycles. The number of carbonyl (C=O) groups is 1. The molecular weight excluding hydrogens is 542 g/mol. The molecule has 0 radical (unpaired) electrons. The highest BCUT2D eigenvalue weighted by atomic mass is 16.4. The number of oxazole rings is 2. The van der Waals surface area contributed by atoms with Crippen molar-refractivity contribution in [2.24, 2.45) is 5.92 Å². The molecule has 0 saturated carbocycles. The topological polar surface area (TPSA) is 128 Å². The first-order valence-corrected chi connectivity index (χ1v) is 14.6. The Bertz CT molecular complexity index is 1910. The molecule has 5 aromatic rings. The smallest absolute Gasteiger partial charge is 0.307 e. The predicted molar refractivity (Wildman–Crippen MR) is 161 cm³/mol. The van der Waals surface area contributed by atoms with E-state index in [1.807, 2.05) is 30.3 Å². The lowest BCUT2D eigenvalue weighted by molar-refractivity contribution is -0.141. The van der Waals surface area contributed by atoms with Crippen molar-refractivity contribution in [1.29, 1.82) is 5.26 Å². The summed E-state index contributed by atoms with van der Waals surface area (Å²) in [5, 5.41) is 22.6. The lowest BCUT2D eigenvalue weighted by atomic mass is 9.91. The zero-order chi connectivity index (χ0) is 29.7. The number of aliphatic carboxylic acids is 1. The first-order valence-electron chi connectivity index (χ1n) is 14.6. The maximum Gasteiger partial charge on any atom is 0.307 e. The van der Waals surface area contributed by atoms with Gasteiger partial charge in [-0.2, -0.15) is 5.26 Å². The molecule has 4 heterocycles. The zero-order valence-corrected chi connectivity index (χ0v) is 24.1. The Morgan fingerprint density at radius 3 is 2.40 bits per heavy atom. The summed E-state index contributed by atoms with van der Waals surface area (Å²) in [6.07, 6.45) is 1.47. The van der Waals surface area contributed by atoms with Crippen LogP contribution in [0.15, 0.2) is 57.4 Å². The largest absolute Gasteiger partial charge is 0.481 e. The van der Waals surface area contributed by atoms with Crippen LogP contribution in [0.25, 0.3) is 45.1 Å². The van der Waals surface area contributed by atoms with Crippen molar-refractivity contribution in [3.8, 4) is 40.1 Å². The SMILES string of the molecule is Cc1c(-c2nc3c(o2)CCNC3)cccc1-c1cccc(-c2nc3cc(CN4CCC(C(=O)O)C4)cc(C#N)c3o2)c1C. The average Bonchev–Trinajstić information content (AvgIpc) is 3.75. The predicted octanol–water partition coefficient (Wildman–Crippen LogP) is 5.86. The Balaban J connectivity index is 1.23. The van der Waals surface area contributed by atoms with E-state index >= 15 is 0 Å². The van der Waals surface area contributed by atoms with Gasteiger partial charge in [-0.3, -0.25) is 9.69 Å². The third-order valence-corrected chi connectivity index (χ3v) is 8.72. The first-order chi connectivity index (χ1) is 20.9. The minimum absolute atomic E-state index is 0.352. The number of nitriles is 1. The summed E-state index contributed by atoms with van der Waals surface area (Å²) in [6, 6.07) is 18.3. The molecular formula is C34H31N5O4. The normalized spacial score (nSPS) is 16.8. The molecule has 1 saturated heterocycles. The van der Waals surface area contributed by atoms with Gasteiger partial charge in [0.1, 0.15) is 17.3 Å². The van der Waals surface area contributed by atoms with Gasteiger partial charge in [0.05, 0.1) is 17.2 Å². The molecule has 2 aliphatic heterocycles. The highest BCUT2D eigenvalue weighted by molar-refractivity contribution is 5.85. The zero-order valence-electron chi connectivity index (χ0n) is 24.1.